The van der Waals surface area contributed by atoms with Gasteiger partial charge in [-0.3, -0.25) is 4.79 Å². The molecule has 0 atom stereocenters. The van der Waals surface area contributed by atoms with Crippen molar-refractivity contribution in [1.82, 2.24) is 19.1 Å². The summed E-state index contributed by atoms with van der Waals surface area (Å²) in [4.78, 5) is 20.8. The topological polar surface area (TPSA) is 52.7 Å². The molecule has 30 heavy (non-hydrogen) atoms. The molecule has 2 rings (SSSR count). The van der Waals surface area contributed by atoms with Gasteiger partial charge in [-0.25, -0.2) is 9.97 Å². The molecule has 0 saturated heterocycles. The van der Waals surface area contributed by atoms with Crippen LogP contribution in [0.1, 0.15) is 76.9 Å². The number of ketones is 1. The second-order valence-electron chi connectivity index (χ2n) is 7.53. The third-order valence-corrected chi connectivity index (χ3v) is 5.01. The van der Waals surface area contributed by atoms with Gasteiger partial charge >= 0.3 is 0 Å². The average molecular weight is 409 g/mol. The summed E-state index contributed by atoms with van der Waals surface area (Å²) >= 11 is 0. The van der Waals surface area contributed by atoms with E-state index in [1.165, 1.54) is 44.9 Å². The summed E-state index contributed by atoms with van der Waals surface area (Å²) in [5.74, 6) is 1.70. The van der Waals surface area contributed by atoms with Crippen molar-refractivity contribution in [2.45, 2.75) is 78.3 Å². The maximum Gasteiger partial charge on any atom is 0.178 e. The monoisotopic (exact) mass is 408 g/mol. The summed E-state index contributed by atoms with van der Waals surface area (Å²) in [6.07, 6.45) is 27.9. The van der Waals surface area contributed by atoms with E-state index in [9.17, 15) is 4.79 Å². The van der Waals surface area contributed by atoms with Gasteiger partial charge in [0.15, 0.2) is 5.78 Å². The van der Waals surface area contributed by atoms with Crippen molar-refractivity contribution in [3.63, 3.8) is 0 Å². The molecule has 0 aliphatic heterocycles. The number of hydrogen-bond acceptors (Lipinski definition) is 3. The Morgan fingerprint density at radius 1 is 0.767 bits per heavy atom. The maximum atomic E-state index is 12.1. The van der Waals surface area contributed by atoms with E-state index in [4.69, 9.17) is 0 Å². The number of carbonyl (C=O) groups excluding carboxylic acids is 1. The molecule has 0 fully saturated rings. The molecule has 0 aliphatic rings. The second-order valence-corrected chi connectivity index (χ2v) is 7.53. The van der Waals surface area contributed by atoms with Crippen LogP contribution >= 0.6 is 0 Å². The summed E-state index contributed by atoms with van der Waals surface area (Å²) in [6.45, 7) is 6.35. The zero-order chi connectivity index (χ0) is 21.4. The molecule has 0 aliphatic carbocycles. The molecule has 2 aromatic rings. The van der Waals surface area contributed by atoms with Crippen LogP contribution in [0, 0.1) is 0 Å². The van der Waals surface area contributed by atoms with Gasteiger partial charge in [-0.2, -0.15) is 0 Å². The van der Waals surface area contributed by atoms with Crippen LogP contribution in [0.25, 0.3) is 12.2 Å². The van der Waals surface area contributed by atoms with Gasteiger partial charge in [-0.1, -0.05) is 64.5 Å². The van der Waals surface area contributed by atoms with E-state index in [2.05, 4.69) is 32.9 Å². The summed E-state index contributed by atoms with van der Waals surface area (Å²) in [5.41, 5.74) is 0. The van der Waals surface area contributed by atoms with E-state index in [1.54, 1.807) is 30.5 Å². The molecular formula is C25H36N4O. The third kappa shape index (κ3) is 8.76. The van der Waals surface area contributed by atoms with Crippen LogP contribution in [0.3, 0.4) is 0 Å². The fourth-order valence-corrected chi connectivity index (χ4v) is 3.26. The number of imidazole rings is 2. The lowest BCUT2D eigenvalue weighted by molar-refractivity contribution is -0.110. The number of nitrogens with zero attached hydrogens (tertiary/aromatic N) is 4. The Kier molecular flexibility index (Phi) is 11.3. The predicted octanol–water partition coefficient (Wildman–Crippen LogP) is 6.09. The number of carbonyl (C=O) groups is 1. The quantitative estimate of drug-likeness (QED) is 0.203. The van der Waals surface area contributed by atoms with Crippen LogP contribution < -0.4 is 0 Å². The van der Waals surface area contributed by atoms with Gasteiger partial charge in [-0.05, 0) is 37.1 Å². The standard InChI is InChI=1S/C25H36N4O/c1-3-5-7-11-19-28-21-17-26-24(28)14-10-9-13-23(30)15-16-25-27-18-22-29(25)20-12-8-6-4-2/h9-10,13-18,21-22H,3-8,11-12,19-20H2,1-2H3/b13-9+,14-10+,16-15+. The molecule has 0 N–H and O–H groups in total. The zero-order valence-electron chi connectivity index (χ0n) is 18.5. The lowest BCUT2D eigenvalue weighted by Crippen LogP contribution is -2.00. The fraction of sp³-hybridized carbons (Fsp3) is 0.480. The highest BCUT2D eigenvalue weighted by molar-refractivity contribution is 6.01. The number of allylic oxidation sites excluding steroid dienone is 4. The first-order valence-corrected chi connectivity index (χ1v) is 11.3. The highest BCUT2D eigenvalue weighted by Crippen LogP contribution is 2.07. The summed E-state index contributed by atoms with van der Waals surface area (Å²) < 4.78 is 4.26. The van der Waals surface area contributed by atoms with Gasteiger partial charge in [0.05, 0.1) is 0 Å². The van der Waals surface area contributed by atoms with Crippen LogP contribution in [-0.2, 0) is 17.9 Å². The van der Waals surface area contributed by atoms with E-state index in [-0.39, 0.29) is 5.78 Å². The molecule has 0 bridgehead atoms. The second kappa shape index (κ2) is 14.3. The largest absolute Gasteiger partial charge is 0.331 e. The van der Waals surface area contributed by atoms with Crippen molar-refractivity contribution in [2.75, 3.05) is 0 Å². The average Bonchev–Trinajstić information content (AvgIpc) is 3.39. The minimum Gasteiger partial charge on any atom is -0.331 e. The Balaban J connectivity index is 1.80. The first-order chi connectivity index (χ1) is 14.7. The molecule has 5 nitrogen and oxygen atoms in total. The summed E-state index contributed by atoms with van der Waals surface area (Å²) in [7, 11) is 0. The van der Waals surface area contributed by atoms with Gasteiger partial charge < -0.3 is 9.13 Å². The Hall–Kier alpha value is -2.69. The first-order valence-electron chi connectivity index (χ1n) is 11.3. The van der Waals surface area contributed by atoms with Gasteiger partial charge in [0, 0.05) is 37.9 Å². The lowest BCUT2D eigenvalue weighted by Gasteiger charge is -2.04. The van der Waals surface area contributed by atoms with E-state index in [0.29, 0.717) is 0 Å². The molecule has 162 valence electrons. The van der Waals surface area contributed by atoms with E-state index < -0.39 is 0 Å². The van der Waals surface area contributed by atoms with Crippen molar-refractivity contribution < 1.29 is 4.79 Å². The SMILES string of the molecule is CCCCCCn1ccnc1/C=C/C=C/C(=O)/C=C/c1nccn1CCCCCC. The Bertz CT molecular complexity index is 826. The Morgan fingerprint density at radius 3 is 1.90 bits per heavy atom. The maximum absolute atomic E-state index is 12.1. The normalized spacial score (nSPS) is 12.1. The van der Waals surface area contributed by atoms with Gasteiger partial charge in [-0.15, -0.1) is 0 Å². The number of unbranched alkanes of at least 4 members (excludes halogenated alkanes) is 6. The third-order valence-electron chi connectivity index (χ3n) is 5.01. The molecule has 2 heterocycles. The highest BCUT2D eigenvalue weighted by atomic mass is 16.1. The van der Waals surface area contributed by atoms with Crippen molar-refractivity contribution in [3.8, 4) is 0 Å². The molecule has 0 saturated carbocycles. The first kappa shape index (κ1) is 23.6. The highest BCUT2D eigenvalue weighted by Gasteiger charge is 2.00. The molecule has 0 aromatic carbocycles. The van der Waals surface area contributed by atoms with E-state index >= 15 is 0 Å². The molecule has 0 amide bonds. The van der Waals surface area contributed by atoms with E-state index in [0.717, 1.165) is 31.2 Å². The van der Waals surface area contributed by atoms with Crippen LogP contribution in [0.2, 0.25) is 0 Å². The molecular weight excluding hydrogens is 372 g/mol. The van der Waals surface area contributed by atoms with Crippen molar-refractivity contribution in [2.24, 2.45) is 0 Å². The van der Waals surface area contributed by atoms with Crippen molar-refractivity contribution in [1.29, 1.82) is 0 Å². The number of hydrogen-bond donors (Lipinski definition) is 0. The molecule has 5 heteroatoms. The van der Waals surface area contributed by atoms with E-state index in [1.807, 2.05) is 30.7 Å². The predicted molar refractivity (Wildman–Crippen MR) is 125 cm³/mol. The smallest absolute Gasteiger partial charge is 0.178 e. The fourth-order valence-electron chi connectivity index (χ4n) is 3.26. The number of aromatic nitrogens is 4. The minimum atomic E-state index is -0.0527. The van der Waals surface area contributed by atoms with Crippen LogP contribution in [-0.4, -0.2) is 24.9 Å². The number of rotatable bonds is 15. The molecule has 0 unspecified atom stereocenters. The molecule has 2 aromatic heterocycles. The number of aryl methyl sites for hydroxylation is 2. The van der Waals surface area contributed by atoms with Gasteiger partial charge in [0.1, 0.15) is 11.6 Å². The summed E-state index contributed by atoms with van der Waals surface area (Å²) in [6, 6.07) is 0. The lowest BCUT2D eigenvalue weighted by atomic mass is 10.2. The van der Waals surface area contributed by atoms with Gasteiger partial charge in [0.25, 0.3) is 0 Å². The van der Waals surface area contributed by atoms with Crippen LogP contribution in [0.4, 0.5) is 0 Å². The Morgan fingerprint density at radius 2 is 1.33 bits per heavy atom. The summed E-state index contributed by atoms with van der Waals surface area (Å²) in [5, 5.41) is 0. The minimum absolute atomic E-state index is 0.0527. The zero-order valence-corrected chi connectivity index (χ0v) is 18.5. The Labute approximate surface area is 181 Å². The van der Waals surface area contributed by atoms with Crippen molar-refractivity contribution >= 4 is 17.9 Å². The van der Waals surface area contributed by atoms with Crippen LogP contribution in [0.15, 0.2) is 49.1 Å². The molecule has 0 spiro atoms. The van der Waals surface area contributed by atoms with Gasteiger partial charge in [0.2, 0.25) is 0 Å². The molecule has 0 radical (unpaired) electrons. The van der Waals surface area contributed by atoms with Crippen molar-refractivity contribution in [3.05, 3.63) is 60.7 Å². The van der Waals surface area contributed by atoms with Crippen LogP contribution in [0.5, 0.6) is 0 Å².